The highest BCUT2D eigenvalue weighted by atomic mass is 16.5. The Morgan fingerprint density at radius 1 is 1.67 bits per heavy atom. The molecule has 1 aromatic rings. The smallest absolute Gasteiger partial charge is 0.335 e. The summed E-state index contributed by atoms with van der Waals surface area (Å²) in [7, 11) is 1.64. The summed E-state index contributed by atoms with van der Waals surface area (Å²) in [6, 6.07) is 3.08. The maximum Gasteiger partial charge on any atom is 0.335 e. The molecule has 1 atom stereocenters. The Morgan fingerprint density at radius 2 is 2.40 bits per heavy atom. The van der Waals surface area contributed by atoms with Crippen molar-refractivity contribution >= 4 is 5.97 Å². The number of carbonyl (C=O) groups is 1. The summed E-state index contributed by atoms with van der Waals surface area (Å²) in [4.78, 5) is 14.9. The Bertz CT molecular complexity index is 374. The van der Waals surface area contributed by atoms with Crippen molar-refractivity contribution in [3.63, 3.8) is 0 Å². The molecule has 0 radical (unpaired) electrons. The van der Waals surface area contributed by atoms with E-state index in [0.717, 1.165) is 18.5 Å². The van der Waals surface area contributed by atoms with E-state index in [1.807, 2.05) is 0 Å². The lowest BCUT2D eigenvalue weighted by molar-refractivity contribution is 0.0692. The van der Waals surface area contributed by atoms with Gasteiger partial charge in [0.15, 0.2) is 0 Å². The van der Waals surface area contributed by atoms with Gasteiger partial charge in [-0.1, -0.05) is 0 Å². The summed E-state index contributed by atoms with van der Waals surface area (Å²) in [5.74, 6) is -0.421. The molecule has 1 unspecified atom stereocenters. The van der Waals surface area contributed by atoms with Crippen molar-refractivity contribution in [2.45, 2.75) is 18.9 Å². The third-order valence-electron chi connectivity index (χ3n) is 2.62. The molecule has 1 heterocycles. The predicted molar refractivity (Wildman–Crippen MR) is 53.7 cm³/mol. The summed E-state index contributed by atoms with van der Waals surface area (Å²) < 4.78 is 5.34. The second-order valence-corrected chi connectivity index (χ2v) is 3.77. The molecule has 1 aromatic heterocycles. The van der Waals surface area contributed by atoms with Gasteiger partial charge in [0, 0.05) is 13.3 Å². The first kappa shape index (κ1) is 10.1. The van der Waals surface area contributed by atoms with Gasteiger partial charge >= 0.3 is 5.97 Å². The molecule has 4 heteroatoms. The Balaban J connectivity index is 2.26. The van der Waals surface area contributed by atoms with Gasteiger partial charge in [0.1, 0.15) is 6.10 Å². The van der Waals surface area contributed by atoms with Gasteiger partial charge in [-0.15, -0.1) is 0 Å². The Labute approximate surface area is 87.9 Å². The van der Waals surface area contributed by atoms with Crippen LogP contribution in [0.25, 0.3) is 0 Å². The van der Waals surface area contributed by atoms with Crippen molar-refractivity contribution in [3.8, 4) is 0 Å². The third kappa shape index (κ3) is 2.15. The molecule has 0 spiro atoms. The summed E-state index contributed by atoms with van der Waals surface area (Å²) in [6.45, 7) is 0. The third-order valence-corrected chi connectivity index (χ3v) is 2.62. The van der Waals surface area contributed by atoms with E-state index in [9.17, 15) is 4.79 Å². The molecule has 15 heavy (non-hydrogen) atoms. The quantitative estimate of drug-likeness (QED) is 0.818. The highest BCUT2D eigenvalue weighted by Gasteiger charge is 2.33. The highest BCUT2D eigenvalue weighted by Crippen LogP contribution is 2.42. The van der Waals surface area contributed by atoms with E-state index in [1.54, 1.807) is 13.2 Å². The second-order valence-electron chi connectivity index (χ2n) is 3.77. The number of rotatable bonds is 4. The summed E-state index contributed by atoms with van der Waals surface area (Å²) in [5.41, 5.74) is 0.989. The fourth-order valence-electron chi connectivity index (χ4n) is 1.69. The molecule has 1 aliphatic rings. The van der Waals surface area contributed by atoms with E-state index in [4.69, 9.17) is 9.84 Å². The Hall–Kier alpha value is -1.42. The number of hydrogen-bond donors (Lipinski definition) is 1. The molecule has 1 saturated carbocycles. The lowest BCUT2D eigenvalue weighted by Crippen LogP contribution is -2.08. The van der Waals surface area contributed by atoms with Gasteiger partial charge in [0.05, 0.1) is 11.3 Å². The number of carboxylic acids is 1. The van der Waals surface area contributed by atoms with Crippen LogP contribution in [-0.2, 0) is 4.74 Å². The molecule has 1 N–H and O–H groups in total. The number of pyridine rings is 1. The lowest BCUT2D eigenvalue weighted by atomic mass is 10.1. The first-order chi connectivity index (χ1) is 7.22. The number of aromatic nitrogens is 1. The van der Waals surface area contributed by atoms with Gasteiger partial charge in [-0.3, -0.25) is 4.98 Å². The molecule has 2 rings (SSSR count). The van der Waals surface area contributed by atoms with E-state index in [0.29, 0.717) is 5.92 Å². The first-order valence-electron chi connectivity index (χ1n) is 4.94. The molecular weight excluding hydrogens is 194 g/mol. The van der Waals surface area contributed by atoms with Gasteiger partial charge in [0.25, 0.3) is 0 Å². The summed E-state index contributed by atoms with van der Waals surface area (Å²) in [6.07, 6.45) is 3.74. The normalized spacial score (nSPS) is 17.4. The van der Waals surface area contributed by atoms with Gasteiger partial charge in [-0.25, -0.2) is 4.79 Å². The number of ether oxygens (including phenoxy) is 1. The van der Waals surface area contributed by atoms with Crippen LogP contribution >= 0.6 is 0 Å². The zero-order chi connectivity index (χ0) is 10.8. The fraction of sp³-hybridized carbons (Fsp3) is 0.455. The molecule has 80 valence electrons. The molecule has 0 aliphatic heterocycles. The second kappa shape index (κ2) is 3.98. The van der Waals surface area contributed by atoms with Gasteiger partial charge in [-0.05, 0) is 30.9 Å². The van der Waals surface area contributed by atoms with Crippen LogP contribution in [0.3, 0.4) is 0 Å². The van der Waals surface area contributed by atoms with Crippen molar-refractivity contribution in [2.75, 3.05) is 7.11 Å². The molecule has 1 aliphatic carbocycles. The zero-order valence-corrected chi connectivity index (χ0v) is 8.51. The Kier molecular flexibility index (Phi) is 2.68. The summed E-state index contributed by atoms with van der Waals surface area (Å²) in [5, 5.41) is 8.85. The Morgan fingerprint density at radius 3 is 2.93 bits per heavy atom. The van der Waals surface area contributed by atoms with E-state index >= 15 is 0 Å². The maximum absolute atomic E-state index is 10.8. The van der Waals surface area contributed by atoms with Crippen LogP contribution in [0.2, 0.25) is 0 Å². The molecule has 4 nitrogen and oxygen atoms in total. The molecule has 0 bridgehead atoms. The topological polar surface area (TPSA) is 59.4 Å². The minimum atomic E-state index is -0.927. The molecule has 0 saturated heterocycles. The van der Waals surface area contributed by atoms with E-state index in [-0.39, 0.29) is 11.7 Å². The van der Waals surface area contributed by atoms with Crippen LogP contribution in [0.5, 0.6) is 0 Å². The van der Waals surface area contributed by atoms with E-state index in [1.165, 1.54) is 12.3 Å². The van der Waals surface area contributed by atoms with Crippen LogP contribution in [0, 0.1) is 5.92 Å². The summed E-state index contributed by atoms with van der Waals surface area (Å²) >= 11 is 0. The minimum absolute atomic E-state index is 0.0516. The van der Waals surface area contributed by atoms with Crippen molar-refractivity contribution in [2.24, 2.45) is 5.92 Å². The monoisotopic (exact) mass is 207 g/mol. The van der Waals surface area contributed by atoms with Crippen LogP contribution in [-0.4, -0.2) is 23.2 Å². The maximum atomic E-state index is 10.8. The van der Waals surface area contributed by atoms with Gasteiger partial charge in [0.2, 0.25) is 0 Å². The molecule has 0 aromatic carbocycles. The van der Waals surface area contributed by atoms with Crippen molar-refractivity contribution < 1.29 is 14.6 Å². The first-order valence-corrected chi connectivity index (χ1v) is 4.94. The lowest BCUT2D eigenvalue weighted by Gasteiger charge is -2.13. The van der Waals surface area contributed by atoms with E-state index < -0.39 is 5.97 Å². The highest BCUT2D eigenvalue weighted by molar-refractivity contribution is 5.87. The molecule has 0 amide bonds. The average Bonchev–Trinajstić information content (AvgIpc) is 3.04. The van der Waals surface area contributed by atoms with Crippen LogP contribution < -0.4 is 0 Å². The van der Waals surface area contributed by atoms with Gasteiger partial charge in [-0.2, -0.15) is 0 Å². The zero-order valence-electron chi connectivity index (χ0n) is 8.51. The standard InChI is InChI=1S/C11H13NO3/c1-15-10(7-2-3-7)9-6-8(11(13)14)4-5-12-9/h4-7,10H,2-3H2,1H3,(H,13,14). The minimum Gasteiger partial charge on any atom is -0.478 e. The fourth-order valence-corrected chi connectivity index (χ4v) is 1.69. The number of carboxylic acid groups (broad SMARTS) is 1. The van der Waals surface area contributed by atoms with Crippen LogP contribution in [0.15, 0.2) is 18.3 Å². The average molecular weight is 207 g/mol. The largest absolute Gasteiger partial charge is 0.478 e. The number of methoxy groups -OCH3 is 1. The number of aromatic carboxylic acids is 1. The van der Waals surface area contributed by atoms with Crippen LogP contribution in [0.4, 0.5) is 0 Å². The molecule has 1 fully saturated rings. The SMILES string of the molecule is COC(c1cc(C(=O)O)ccn1)C1CC1. The van der Waals surface area contributed by atoms with Gasteiger partial charge < -0.3 is 9.84 Å². The predicted octanol–water partition coefficient (Wildman–Crippen LogP) is 1.88. The van der Waals surface area contributed by atoms with E-state index in [2.05, 4.69) is 4.98 Å². The molecular formula is C11H13NO3. The van der Waals surface area contributed by atoms with Crippen molar-refractivity contribution in [3.05, 3.63) is 29.6 Å². The number of hydrogen-bond acceptors (Lipinski definition) is 3. The van der Waals surface area contributed by atoms with Crippen molar-refractivity contribution in [1.82, 2.24) is 4.98 Å². The van der Waals surface area contributed by atoms with Crippen LogP contribution in [0.1, 0.15) is 35.0 Å². The number of nitrogens with zero attached hydrogens (tertiary/aromatic N) is 1. The van der Waals surface area contributed by atoms with Crippen molar-refractivity contribution in [1.29, 1.82) is 0 Å².